The van der Waals surface area contributed by atoms with E-state index in [1.54, 1.807) is 0 Å². The number of hydrogen-bond acceptors (Lipinski definition) is 2. The predicted octanol–water partition coefficient (Wildman–Crippen LogP) is 3.10. The van der Waals surface area contributed by atoms with Crippen molar-refractivity contribution in [1.29, 1.82) is 0 Å². The Morgan fingerprint density at radius 1 is 1.17 bits per heavy atom. The summed E-state index contributed by atoms with van der Waals surface area (Å²) in [6.07, 6.45) is 7.71. The van der Waals surface area contributed by atoms with Crippen LogP contribution in [0.4, 0.5) is 0 Å². The molecule has 2 fully saturated rings. The molecule has 0 aromatic heterocycles. The molecule has 126 valence electrons. The minimum atomic E-state index is 0.546. The lowest BCUT2D eigenvalue weighted by Crippen LogP contribution is -2.58. The lowest BCUT2D eigenvalue weighted by atomic mass is 9.81. The van der Waals surface area contributed by atoms with E-state index in [0.29, 0.717) is 6.04 Å². The Hall–Kier alpha value is -1.13. The molecule has 3 rings (SSSR count). The number of nitrogens with one attached hydrogen (secondary N) is 2. The molecule has 1 aromatic carbocycles. The number of piperidine rings is 2. The molecule has 4 heteroatoms. The fraction of sp³-hybridized carbons (Fsp3) is 0.632. The second-order valence-electron chi connectivity index (χ2n) is 6.88. The summed E-state index contributed by atoms with van der Waals surface area (Å²) in [5.41, 5.74) is 1.46. The Balaban J connectivity index is 1.55. The molecule has 2 aliphatic rings. The Morgan fingerprint density at radius 3 is 2.52 bits per heavy atom. The highest BCUT2D eigenvalue weighted by Crippen LogP contribution is 2.34. The molecule has 2 bridgehead atoms. The van der Waals surface area contributed by atoms with Crippen molar-refractivity contribution in [3.05, 3.63) is 35.9 Å². The number of thiocarbonyl (C=S) groups is 1. The van der Waals surface area contributed by atoms with Gasteiger partial charge in [-0.1, -0.05) is 36.8 Å². The van der Waals surface area contributed by atoms with Gasteiger partial charge in [-0.2, -0.15) is 0 Å². The maximum Gasteiger partial charge on any atom is 0.166 e. The predicted molar refractivity (Wildman–Crippen MR) is 101 cm³/mol. The second-order valence-corrected chi connectivity index (χ2v) is 7.29. The molecule has 3 nitrogen and oxygen atoms in total. The van der Waals surface area contributed by atoms with E-state index in [-0.39, 0.29) is 0 Å². The van der Waals surface area contributed by atoms with Crippen LogP contribution in [0.25, 0.3) is 0 Å². The van der Waals surface area contributed by atoms with Crippen molar-refractivity contribution in [3.8, 4) is 0 Å². The van der Waals surface area contributed by atoms with Gasteiger partial charge in [0.2, 0.25) is 0 Å². The van der Waals surface area contributed by atoms with Crippen LogP contribution in [0.15, 0.2) is 30.3 Å². The van der Waals surface area contributed by atoms with E-state index in [2.05, 4.69) is 52.8 Å². The van der Waals surface area contributed by atoms with Crippen LogP contribution in [-0.4, -0.2) is 41.2 Å². The van der Waals surface area contributed by atoms with Crippen LogP contribution in [-0.2, 0) is 6.42 Å². The quantitative estimate of drug-likeness (QED) is 0.811. The van der Waals surface area contributed by atoms with Crippen molar-refractivity contribution in [3.63, 3.8) is 0 Å². The van der Waals surface area contributed by atoms with E-state index in [4.69, 9.17) is 12.2 Å². The summed E-state index contributed by atoms with van der Waals surface area (Å²) in [6.45, 7) is 4.19. The van der Waals surface area contributed by atoms with Gasteiger partial charge >= 0.3 is 0 Å². The summed E-state index contributed by atoms with van der Waals surface area (Å²) >= 11 is 5.37. The molecule has 0 aliphatic carbocycles. The third kappa shape index (κ3) is 4.45. The Morgan fingerprint density at radius 2 is 1.87 bits per heavy atom. The van der Waals surface area contributed by atoms with Crippen LogP contribution in [0.2, 0.25) is 0 Å². The molecule has 0 saturated carbocycles. The van der Waals surface area contributed by atoms with Crippen molar-refractivity contribution in [2.24, 2.45) is 0 Å². The number of nitrogens with zero attached hydrogens (tertiary/aromatic N) is 1. The maximum absolute atomic E-state index is 5.37. The van der Waals surface area contributed by atoms with Gasteiger partial charge < -0.3 is 10.6 Å². The van der Waals surface area contributed by atoms with Gasteiger partial charge in [0.25, 0.3) is 0 Å². The molecule has 0 spiro atoms. The fourth-order valence-electron chi connectivity index (χ4n) is 4.26. The van der Waals surface area contributed by atoms with E-state index < -0.39 is 0 Å². The number of fused-ring (bicyclic) bond motifs is 2. The van der Waals surface area contributed by atoms with E-state index in [0.717, 1.165) is 23.7 Å². The zero-order valence-electron chi connectivity index (χ0n) is 14.1. The van der Waals surface area contributed by atoms with Gasteiger partial charge in [-0.15, -0.1) is 0 Å². The zero-order chi connectivity index (χ0) is 16.1. The first kappa shape index (κ1) is 16.7. The van der Waals surface area contributed by atoms with Crippen molar-refractivity contribution in [1.82, 2.24) is 15.5 Å². The molecule has 1 aromatic rings. The van der Waals surface area contributed by atoms with E-state index in [9.17, 15) is 0 Å². The fourth-order valence-corrected chi connectivity index (χ4v) is 4.57. The van der Waals surface area contributed by atoms with E-state index in [1.807, 2.05) is 0 Å². The number of benzene rings is 1. The Kier molecular flexibility index (Phi) is 5.90. The standard InChI is InChI=1S/C19H29N3S/c1-2-20-19(23)21-16-13-17-9-6-10-18(14-16)22(17)12-11-15-7-4-3-5-8-15/h3-5,7-8,16-18H,2,6,9-14H2,1H3,(H2,20,21,23). The lowest BCUT2D eigenvalue weighted by molar-refractivity contribution is 0.0291. The monoisotopic (exact) mass is 331 g/mol. The summed E-state index contributed by atoms with van der Waals surface area (Å²) in [6, 6.07) is 12.9. The van der Waals surface area contributed by atoms with Gasteiger partial charge in [0.15, 0.2) is 5.11 Å². The molecule has 0 radical (unpaired) electrons. The smallest absolute Gasteiger partial charge is 0.166 e. The van der Waals surface area contributed by atoms with Crippen LogP contribution in [0, 0.1) is 0 Å². The van der Waals surface area contributed by atoms with Crippen LogP contribution in [0.1, 0.15) is 44.6 Å². The molecule has 2 N–H and O–H groups in total. The lowest BCUT2D eigenvalue weighted by Gasteiger charge is -2.49. The first-order valence-electron chi connectivity index (χ1n) is 9.10. The molecule has 23 heavy (non-hydrogen) atoms. The minimum Gasteiger partial charge on any atom is -0.363 e. The van der Waals surface area contributed by atoms with Gasteiger partial charge in [-0.3, -0.25) is 4.90 Å². The average Bonchev–Trinajstić information content (AvgIpc) is 2.54. The molecule has 2 aliphatic heterocycles. The van der Waals surface area contributed by atoms with Crippen LogP contribution < -0.4 is 10.6 Å². The highest BCUT2D eigenvalue weighted by molar-refractivity contribution is 7.80. The molecule has 2 heterocycles. The molecular weight excluding hydrogens is 302 g/mol. The molecule has 0 amide bonds. The van der Waals surface area contributed by atoms with Gasteiger partial charge in [0, 0.05) is 31.2 Å². The summed E-state index contributed by atoms with van der Waals surface area (Å²) in [7, 11) is 0. The maximum atomic E-state index is 5.37. The molecule has 2 unspecified atom stereocenters. The van der Waals surface area contributed by atoms with Gasteiger partial charge in [-0.05, 0) is 56.8 Å². The van der Waals surface area contributed by atoms with Gasteiger partial charge in [0.1, 0.15) is 0 Å². The number of hydrogen-bond donors (Lipinski definition) is 2. The van der Waals surface area contributed by atoms with Gasteiger partial charge in [-0.25, -0.2) is 0 Å². The second kappa shape index (κ2) is 8.11. The topological polar surface area (TPSA) is 27.3 Å². The average molecular weight is 332 g/mol. The SMILES string of the molecule is CCNC(=S)NC1CC2CCCC(C1)N2CCc1ccccc1. The largest absolute Gasteiger partial charge is 0.363 e. The first-order valence-corrected chi connectivity index (χ1v) is 9.51. The van der Waals surface area contributed by atoms with Crippen molar-refractivity contribution in [2.75, 3.05) is 13.1 Å². The first-order chi connectivity index (χ1) is 11.3. The van der Waals surface area contributed by atoms with Crippen molar-refractivity contribution >= 4 is 17.3 Å². The normalized spacial score (nSPS) is 27.4. The van der Waals surface area contributed by atoms with Crippen molar-refractivity contribution in [2.45, 2.75) is 63.6 Å². The van der Waals surface area contributed by atoms with E-state index >= 15 is 0 Å². The minimum absolute atomic E-state index is 0.546. The summed E-state index contributed by atoms with van der Waals surface area (Å²) in [5, 5.41) is 7.59. The van der Waals surface area contributed by atoms with Crippen molar-refractivity contribution < 1.29 is 0 Å². The Bertz CT molecular complexity index is 491. The summed E-state index contributed by atoms with van der Waals surface area (Å²) in [4.78, 5) is 2.78. The third-order valence-electron chi connectivity index (χ3n) is 5.30. The summed E-state index contributed by atoms with van der Waals surface area (Å²) < 4.78 is 0. The Labute approximate surface area is 145 Å². The summed E-state index contributed by atoms with van der Waals surface area (Å²) in [5.74, 6) is 0. The van der Waals surface area contributed by atoms with Crippen LogP contribution in [0.3, 0.4) is 0 Å². The molecule has 2 saturated heterocycles. The number of rotatable bonds is 5. The van der Waals surface area contributed by atoms with Crippen LogP contribution in [0.5, 0.6) is 0 Å². The zero-order valence-corrected chi connectivity index (χ0v) is 14.9. The highest BCUT2D eigenvalue weighted by Gasteiger charge is 2.37. The van der Waals surface area contributed by atoms with Crippen LogP contribution >= 0.6 is 12.2 Å². The third-order valence-corrected chi connectivity index (χ3v) is 5.56. The molecule has 2 atom stereocenters. The van der Waals surface area contributed by atoms with Gasteiger partial charge in [0.05, 0.1) is 0 Å². The van der Waals surface area contributed by atoms with E-state index in [1.165, 1.54) is 50.6 Å². The highest BCUT2D eigenvalue weighted by atomic mass is 32.1. The molecular formula is C19H29N3S.